The van der Waals surface area contributed by atoms with E-state index in [1.54, 1.807) is 0 Å². The Balaban J connectivity index is 1.82. The van der Waals surface area contributed by atoms with Crippen molar-refractivity contribution >= 4 is 23.2 Å². The summed E-state index contributed by atoms with van der Waals surface area (Å²) in [6.45, 7) is 1.87. The number of carbonyl (C=O) groups excluding carboxylic acids is 2. The lowest BCUT2D eigenvalue weighted by atomic mass is 10.2. The molecule has 0 radical (unpaired) electrons. The second-order valence-electron chi connectivity index (χ2n) is 6.35. The average Bonchev–Trinajstić information content (AvgIpc) is 3.04. The highest BCUT2D eigenvalue weighted by molar-refractivity contribution is 5.97. The summed E-state index contributed by atoms with van der Waals surface area (Å²) in [6, 6.07) is 9.57. The van der Waals surface area contributed by atoms with E-state index in [-0.39, 0.29) is 11.5 Å². The van der Waals surface area contributed by atoms with Gasteiger partial charge < -0.3 is 20.4 Å². The highest BCUT2D eigenvalue weighted by Gasteiger charge is 2.19. The van der Waals surface area contributed by atoms with Crippen LogP contribution in [0.2, 0.25) is 0 Å². The summed E-state index contributed by atoms with van der Waals surface area (Å²) in [5.74, 6) is -0.241. The first kappa shape index (κ1) is 19.3. The molecule has 0 spiro atoms. The Bertz CT molecular complexity index is 721. The lowest BCUT2D eigenvalue weighted by Crippen LogP contribution is -2.31. The Labute approximate surface area is 154 Å². The van der Waals surface area contributed by atoms with Crippen LogP contribution in [0.4, 0.5) is 11.4 Å². The maximum absolute atomic E-state index is 12.1. The number of amides is 2. The number of anilines is 2. The first-order valence-corrected chi connectivity index (χ1v) is 8.71. The Hall–Kier alpha value is -3.01. The normalized spacial score (nSPS) is 14.1. The fourth-order valence-corrected chi connectivity index (χ4v) is 2.69. The molecule has 0 bridgehead atoms. The van der Waals surface area contributed by atoms with Crippen LogP contribution in [0.3, 0.4) is 0 Å². The van der Waals surface area contributed by atoms with Gasteiger partial charge in [0.15, 0.2) is 0 Å². The van der Waals surface area contributed by atoms with Gasteiger partial charge in [-0.2, -0.15) is 5.26 Å². The zero-order chi connectivity index (χ0) is 18.9. The van der Waals surface area contributed by atoms with Crippen molar-refractivity contribution in [3.8, 4) is 6.07 Å². The molecule has 0 aromatic heterocycles. The minimum Gasteiger partial charge on any atom is -0.378 e. The van der Waals surface area contributed by atoms with E-state index in [9.17, 15) is 14.9 Å². The number of rotatable bonds is 8. The number of likely N-dealkylation sites (tertiary alicyclic amines) is 1. The number of benzene rings is 1. The van der Waals surface area contributed by atoms with E-state index in [1.807, 2.05) is 54.2 Å². The van der Waals surface area contributed by atoms with Crippen molar-refractivity contribution < 1.29 is 9.59 Å². The van der Waals surface area contributed by atoms with Gasteiger partial charge in [0.1, 0.15) is 11.6 Å². The van der Waals surface area contributed by atoms with E-state index in [0.717, 1.165) is 24.3 Å². The molecular formula is C19H25N5O2. The second-order valence-corrected chi connectivity index (χ2v) is 6.35. The smallest absolute Gasteiger partial charge is 0.263 e. The third-order valence-corrected chi connectivity index (χ3v) is 4.17. The molecular weight excluding hydrogens is 330 g/mol. The third kappa shape index (κ3) is 5.52. The number of carbonyl (C=O) groups is 2. The molecule has 0 unspecified atom stereocenters. The summed E-state index contributed by atoms with van der Waals surface area (Å²) in [5.41, 5.74) is 1.82. The second kappa shape index (κ2) is 9.47. The number of nitriles is 1. The fourth-order valence-electron chi connectivity index (χ4n) is 2.69. The molecule has 1 aromatic rings. The molecule has 7 nitrogen and oxygen atoms in total. The van der Waals surface area contributed by atoms with Crippen LogP contribution in [0.25, 0.3) is 0 Å². The van der Waals surface area contributed by atoms with Crippen LogP contribution in [0.15, 0.2) is 36.0 Å². The Morgan fingerprint density at radius 3 is 2.88 bits per heavy atom. The first-order chi connectivity index (χ1) is 12.5. The topological polar surface area (TPSA) is 88.5 Å². The summed E-state index contributed by atoms with van der Waals surface area (Å²) in [4.78, 5) is 27.4. The van der Waals surface area contributed by atoms with Gasteiger partial charge in [0, 0.05) is 57.7 Å². The Morgan fingerprint density at radius 1 is 1.42 bits per heavy atom. The monoisotopic (exact) mass is 355 g/mol. The molecule has 2 rings (SSSR count). The lowest BCUT2D eigenvalue weighted by molar-refractivity contribution is -0.127. The lowest BCUT2D eigenvalue weighted by Gasteiger charge is -2.15. The van der Waals surface area contributed by atoms with Crippen LogP contribution in [-0.4, -0.2) is 50.4 Å². The minimum absolute atomic E-state index is 0.0116. The van der Waals surface area contributed by atoms with Crippen LogP contribution in [-0.2, 0) is 9.59 Å². The zero-order valence-corrected chi connectivity index (χ0v) is 15.3. The van der Waals surface area contributed by atoms with Crippen molar-refractivity contribution in [2.45, 2.75) is 19.3 Å². The SMILES string of the molecule is CN(C)c1cccc(N/C=C(/C#N)C(=O)NCCCN2CCCC2=O)c1. The minimum atomic E-state index is -0.420. The molecule has 1 heterocycles. The summed E-state index contributed by atoms with van der Waals surface area (Å²) >= 11 is 0. The van der Waals surface area contributed by atoms with Gasteiger partial charge in [-0.15, -0.1) is 0 Å². The number of nitrogens with one attached hydrogen (secondary N) is 2. The van der Waals surface area contributed by atoms with Gasteiger partial charge in [-0.1, -0.05) is 6.07 Å². The highest BCUT2D eigenvalue weighted by atomic mass is 16.2. The molecule has 2 amide bonds. The van der Waals surface area contributed by atoms with E-state index in [4.69, 9.17) is 0 Å². The maximum atomic E-state index is 12.1. The van der Waals surface area contributed by atoms with Gasteiger partial charge in [-0.05, 0) is 31.0 Å². The summed E-state index contributed by atoms with van der Waals surface area (Å²) in [5, 5.41) is 14.9. The van der Waals surface area contributed by atoms with E-state index in [1.165, 1.54) is 6.20 Å². The molecule has 1 fully saturated rings. The van der Waals surface area contributed by atoms with Crippen molar-refractivity contribution in [2.75, 3.05) is 43.9 Å². The van der Waals surface area contributed by atoms with Gasteiger partial charge in [0.2, 0.25) is 5.91 Å². The van der Waals surface area contributed by atoms with E-state index in [0.29, 0.717) is 25.9 Å². The molecule has 1 saturated heterocycles. The maximum Gasteiger partial charge on any atom is 0.263 e. The summed E-state index contributed by atoms with van der Waals surface area (Å²) in [7, 11) is 3.89. The number of hydrogen-bond acceptors (Lipinski definition) is 5. The van der Waals surface area contributed by atoms with Crippen LogP contribution in [0, 0.1) is 11.3 Å². The van der Waals surface area contributed by atoms with Crippen molar-refractivity contribution in [1.29, 1.82) is 5.26 Å². The molecule has 1 aliphatic rings. The molecule has 7 heteroatoms. The Morgan fingerprint density at radius 2 is 2.23 bits per heavy atom. The summed E-state index contributed by atoms with van der Waals surface area (Å²) < 4.78 is 0. The van der Waals surface area contributed by atoms with Crippen LogP contribution in [0.5, 0.6) is 0 Å². The van der Waals surface area contributed by atoms with Crippen molar-refractivity contribution in [1.82, 2.24) is 10.2 Å². The quantitative estimate of drug-likeness (QED) is 0.421. The first-order valence-electron chi connectivity index (χ1n) is 8.71. The van der Waals surface area contributed by atoms with Gasteiger partial charge >= 0.3 is 0 Å². The molecule has 0 atom stereocenters. The summed E-state index contributed by atoms with van der Waals surface area (Å²) in [6.07, 6.45) is 3.62. The van der Waals surface area contributed by atoms with Gasteiger partial charge in [-0.25, -0.2) is 0 Å². The van der Waals surface area contributed by atoms with Crippen molar-refractivity contribution in [2.24, 2.45) is 0 Å². The highest BCUT2D eigenvalue weighted by Crippen LogP contribution is 2.17. The third-order valence-electron chi connectivity index (χ3n) is 4.17. The Kier molecular flexibility index (Phi) is 7.03. The predicted octanol–water partition coefficient (Wildman–Crippen LogP) is 1.70. The van der Waals surface area contributed by atoms with E-state index in [2.05, 4.69) is 10.6 Å². The molecule has 26 heavy (non-hydrogen) atoms. The number of hydrogen-bond donors (Lipinski definition) is 2. The molecule has 138 valence electrons. The van der Waals surface area contributed by atoms with Gasteiger partial charge in [0.05, 0.1) is 0 Å². The molecule has 0 aliphatic carbocycles. The van der Waals surface area contributed by atoms with Crippen LogP contribution >= 0.6 is 0 Å². The van der Waals surface area contributed by atoms with E-state index < -0.39 is 5.91 Å². The average molecular weight is 355 g/mol. The van der Waals surface area contributed by atoms with Crippen molar-refractivity contribution in [3.63, 3.8) is 0 Å². The number of nitrogens with zero attached hydrogens (tertiary/aromatic N) is 3. The zero-order valence-electron chi connectivity index (χ0n) is 15.3. The van der Waals surface area contributed by atoms with Crippen LogP contribution < -0.4 is 15.5 Å². The largest absolute Gasteiger partial charge is 0.378 e. The molecule has 2 N–H and O–H groups in total. The molecule has 1 aliphatic heterocycles. The van der Waals surface area contributed by atoms with Crippen molar-refractivity contribution in [3.05, 3.63) is 36.0 Å². The standard InChI is InChI=1S/C19H25N5O2/c1-23(2)17-7-3-6-16(12-17)22-14-15(13-20)19(26)21-9-5-11-24-10-4-8-18(24)25/h3,6-7,12,14,22H,4-5,8-11H2,1-2H3,(H,21,26)/b15-14-. The van der Waals surface area contributed by atoms with Crippen LogP contribution in [0.1, 0.15) is 19.3 Å². The van der Waals surface area contributed by atoms with E-state index >= 15 is 0 Å². The van der Waals surface area contributed by atoms with Gasteiger partial charge in [-0.3, -0.25) is 9.59 Å². The molecule has 1 aromatic carbocycles. The predicted molar refractivity (Wildman–Crippen MR) is 102 cm³/mol. The van der Waals surface area contributed by atoms with Gasteiger partial charge in [0.25, 0.3) is 5.91 Å². The fraction of sp³-hybridized carbons (Fsp3) is 0.421. The molecule has 0 saturated carbocycles.